The highest BCUT2D eigenvalue weighted by atomic mass is 127. The van der Waals surface area contributed by atoms with Crippen molar-refractivity contribution in [2.24, 2.45) is 0 Å². The Bertz CT molecular complexity index is 935. The van der Waals surface area contributed by atoms with Crippen molar-refractivity contribution in [1.82, 2.24) is 15.2 Å². The lowest BCUT2D eigenvalue weighted by molar-refractivity contribution is -0.113. The van der Waals surface area contributed by atoms with Gasteiger partial charge in [-0.2, -0.15) is 0 Å². The van der Waals surface area contributed by atoms with Crippen LogP contribution in [0.2, 0.25) is 5.02 Å². The molecule has 0 saturated heterocycles. The summed E-state index contributed by atoms with van der Waals surface area (Å²) in [5.74, 6) is 1.25. The maximum Gasteiger partial charge on any atom is 0.234 e. The highest BCUT2D eigenvalue weighted by Gasteiger charge is 2.13. The van der Waals surface area contributed by atoms with Gasteiger partial charge in [-0.25, -0.2) is 4.98 Å². The van der Waals surface area contributed by atoms with E-state index in [2.05, 4.69) is 43.1 Å². The Morgan fingerprint density at radius 3 is 2.92 bits per heavy atom. The molecule has 1 heterocycles. The van der Waals surface area contributed by atoms with Crippen LogP contribution in [0.25, 0.3) is 11.4 Å². The SMILES string of the molecule is COc1ccc(Cl)cc1-c1nc(SCC(=O)Nc2ccccc2I)n[nH]1. The Hall–Kier alpha value is -1.78. The van der Waals surface area contributed by atoms with Crippen LogP contribution in [0.4, 0.5) is 5.69 Å². The van der Waals surface area contributed by atoms with Crippen molar-refractivity contribution in [2.45, 2.75) is 5.16 Å². The third-order valence-electron chi connectivity index (χ3n) is 3.36. The zero-order valence-electron chi connectivity index (χ0n) is 13.6. The van der Waals surface area contributed by atoms with Gasteiger partial charge in [0, 0.05) is 8.59 Å². The number of methoxy groups -OCH3 is 1. The molecule has 26 heavy (non-hydrogen) atoms. The van der Waals surface area contributed by atoms with Gasteiger partial charge in [0.1, 0.15) is 5.75 Å². The summed E-state index contributed by atoms with van der Waals surface area (Å²) < 4.78 is 6.30. The van der Waals surface area contributed by atoms with E-state index in [-0.39, 0.29) is 11.7 Å². The van der Waals surface area contributed by atoms with Crippen molar-refractivity contribution in [1.29, 1.82) is 0 Å². The van der Waals surface area contributed by atoms with Crippen LogP contribution in [0.15, 0.2) is 47.6 Å². The molecule has 0 aliphatic carbocycles. The first-order valence-corrected chi connectivity index (χ1v) is 9.94. The molecular formula is C17H14ClIN4O2S. The van der Waals surface area contributed by atoms with E-state index in [9.17, 15) is 4.79 Å². The van der Waals surface area contributed by atoms with Crippen molar-refractivity contribution < 1.29 is 9.53 Å². The average Bonchev–Trinajstić information content (AvgIpc) is 3.11. The maximum absolute atomic E-state index is 12.1. The summed E-state index contributed by atoms with van der Waals surface area (Å²) >= 11 is 9.47. The molecule has 0 unspecified atom stereocenters. The lowest BCUT2D eigenvalue weighted by Gasteiger charge is -2.06. The summed E-state index contributed by atoms with van der Waals surface area (Å²) in [5.41, 5.74) is 1.50. The molecule has 134 valence electrons. The number of carbonyl (C=O) groups is 1. The van der Waals surface area contributed by atoms with Crippen LogP contribution in [-0.4, -0.2) is 34.0 Å². The Kier molecular flexibility index (Phi) is 6.38. The number of nitrogens with one attached hydrogen (secondary N) is 2. The second kappa shape index (κ2) is 8.74. The zero-order valence-corrected chi connectivity index (χ0v) is 17.4. The molecule has 0 saturated carbocycles. The van der Waals surface area contributed by atoms with E-state index in [1.165, 1.54) is 11.8 Å². The second-order valence-corrected chi connectivity index (χ2v) is 7.67. The van der Waals surface area contributed by atoms with Crippen molar-refractivity contribution in [3.8, 4) is 17.1 Å². The summed E-state index contributed by atoms with van der Waals surface area (Å²) in [4.78, 5) is 16.5. The number of H-pyrrole nitrogens is 1. The van der Waals surface area contributed by atoms with Gasteiger partial charge in [0.15, 0.2) is 5.82 Å². The standard InChI is InChI=1S/C17H14ClIN4O2S/c1-25-14-7-6-10(18)8-11(14)16-21-17(23-22-16)26-9-15(24)20-13-5-3-2-4-12(13)19/h2-8H,9H2,1H3,(H,20,24)(H,21,22,23). The van der Waals surface area contributed by atoms with Gasteiger partial charge in [-0.05, 0) is 52.9 Å². The molecule has 0 fully saturated rings. The smallest absolute Gasteiger partial charge is 0.234 e. The number of hydrogen-bond acceptors (Lipinski definition) is 5. The number of ether oxygens (including phenoxy) is 1. The number of halogens is 2. The van der Waals surface area contributed by atoms with E-state index >= 15 is 0 Å². The normalized spacial score (nSPS) is 10.6. The molecule has 0 atom stereocenters. The third kappa shape index (κ3) is 4.68. The number of amides is 1. The van der Waals surface area contributed by atoms with Crippen LogP contribution in [0.5, 0.6) is 5.75 Å². The number of rotatable bonds is 6. The summed E-state index contributed by atoms with van der Waals surface area (Å²) in [6, 6.07) is 12.9. The summed E-state index contributed by atoms with van der Waals surface area (Å²) in [6.45, 7) is 0. The first-order valence-electron chi connectivity index (χ1n) is 7.50. The molecule has 0 aliphatic heterocycles. The fraction of sp³-hybridized carbons (Fsp3) is 0.118. The number of aromatic amines is 1. The van der Waals surface area contributed by atoms with E-state index in [0.29, 0.717) is 27.3 Å². The molecule has 3 aromatic rings. The van der Waals surface area contributed by atoms with Gasteiger partial charge in [0.2, 0.25) is 11.1 Å². The predicted molar refractivity (Wildman–Crippen MR) is 112 cm³/mol. The minimum Gasteiger partial charge on any atom is -0.496 e. The number of para-hydroxylation sites is 1. The third-order valence-corrected chi connectivity index (χ3v) is 5.38. The topological polar surface area (TPSA) is 79.9 Å². The molecule has 1 aromatic heterocycles. The van der Waals surface area contributed by atoms with Crippen LogP contribution in [0.1, 0.15) is 0 Å². The van der Waals surface area contributed by atoms with Crippen LogP contribution in [-0.2, 0) is 4.79 Å². The Morgan fingerprint density at radius 2 is 2.15 bits per heavy atom. The monoisotopic (exact) mass is 500 g/mol. The van der Waals surface area contributed by atoms with Gasteiger partial charge < -0.3 is 10.1 Å². The van der Waals surface area contributed by atoms with Gasteiger partial charge in [-0.15, -0.1) is 5.10 Å². The molecule has 0 aliphatic rings. The number of nitrogens with zero attached hydrogens (tertiary/aromatic N) is 2. The van der Waals surface area contributed by atoms with Crippen LogP contribution in [0.3, 0.4) is 0 Å². The second-order valence-electron chi connectivity index (χ2n) is 5.13. The Balaban J connectivity index is 1.65. The predicted octanol–water partition coefficient (Wildman–Crippen LogP) is 4.47. The molecule has 1 amide bonds. The minimum absolute atomic E-state index is 0.120. The molecule has 0 radical (unpaired) electrons. The molecule has 9 heteroatoms. The number of hydrogen-bond donors (Lipinski definition) is 2. The lowest BCUT2D eigenvalue weighted by Crippen LogP contribution is -2.14. The highest BCUT2D eigenvalue weighted by molar-refractivity contribution is 14.1. The number of thioether (sulfide) groups is 1. The van der Waals surface area contributed by atoms with Crippen molar-refractivity contribution >= 4 is 57.5 Å². The molecule has 3 rings (SSSR count). The molecule has 2 aromatic carbocycles. The summed E-state index contributed by atoms with van der Waals surface area (Å²) in [5, 5.41) is 10.9. The van der Waals surface area contributed by atoms with Crippen molar-refractivity contribution in [3.63, 3.8) is 0 Å². The van der Waals surface area contributed by atoms with Crippen molar-refractivity contribution in [2.75, 3.05) is 18.2 Å². The summed E-state index contributed by atoms with van der Waals surface area (Å²) in [7, 11) is 1.58. The molecular weight excluding hydrogens is 487 g/mol. The van der Waals surface area contributed by atoms with Crippen molar-refractivity contribution in [3.05, 3.63) is 51.1 Å². The fourth-order valence-electron chi connectivity index (χ4n) is 2.18. The quantitative estimate of drug-likeness (QED) is 0.386. The first-order chi connectivity index (χ1) is 12.6. The molecule has 6 nitrogen and oxygen atoms in total. The maximum atomic E-state index is 12.1. The first kappa shape index (κ1) is 19.0. The van der Waals surface area contributed by atoms with Gasteiger partial charge >= 0.3 is 0 Å². The molecule has 0 spiro atoms. The lowest BCUT2D eigenvalue weighted by atomic mass is 10.2. The van der Waals surface area contributed by atoms with Gasteiger partial charge in [-0.1, -0.05) is 35.5 Å². The van der Waals surface area contributed by atoms with Crippen LogP contribution < -0.4 is 10.1 Å². The number of carbonyl (C=O) groups excluding carboxylic acids is 1. The number of aromatic nitrogens is 3. The molecule has 2 N–H and O–H groups in total. The number of benzene rings is 2. The van der Waals surface area contributed by atoms with Crippen LogP contribution in [0, 0.1) is 3.57 Å². The average molecular weight is 501 g/mol. The summed E-state index contributed by atoms with van der Waals surface area (Å²) in [6.07, 6.45) is 0. The van der Waals surface area contributed by atoms with E-state index in [1.807, 2.05) is 24.3 Å². The minimum atomic E-state index is -0.120. The Labute approximate surface area is 173 Å². The van der Waals surface area contributed by atoms with Gasteiger partial charge in [0.05, 0.1) is 24.1 Å². The molecule has 0 bridgehead atoms. The van der Waals surface area contributed by atoms with Crippen LogP contribution >= 0.6 is 46.0 Å². The van der Waals surface area contributed by atoms with E-state index in [4.69, 9.17) is 16.3 Å². The van der Waals surface area contributed by atoms with E-state index in [0.717, 1.165) is 9.26 Å². The largest absolute Gasteiger partial charge is 0.496 e. The zero-order chi connectivity index (χ0) is 18.5. The van der Waals surface area contributed by atoms with Gasteiger partial charge in [0.25, 0.3) is 0 Å². The van der Waals surface area contributed by atoms with E-state index in [1.54, 1.807) is 25.3 Å². The Morgan fingerprint density at radius 1 is 1.35 bits per heavy atom. The van der Waals surface area contributed by atoms with E-state index < -0.39 is 0 Å². The van der Waals surface area contributed by atoms with Gasteiger partial charge in [-0.3, -0.25) is 9.89 Å². The highest BCUT2D eigenvalue weighted by Crippen LogP contribution is 2.31. The number of anilines is 1. The fourth-order valence-corrected chi connectivity index (χ4v) is 3.47.